The van der Waals surface area contributed by atoms with Crippen molar-refractivity contribution in [3.8, 4) is 0 Å². The van der Waals surface area contributed by atoms with Crippen LogP contribution in [0.15, 0.2) is 36.4 Å². The molecule has 0 aliphatic heterocycles. The molecule has 1 aromatic carbocycles. The van der Waals surface area contributed by atoms with Gasteiger partial charge >= 0.3 is 5.97 Å². The molecule has 0 amide bonds. The van der Waals surface area contributed by atoms with E-state index in [9.17, 15) is 4.79 Å². The van der Waals surface area contributed by atoms with E-state index in [1.165, 1.54) is 56.9 Å². The predicted octanol–water partition coefficient (Wildman–Crippen LogP) is 6.49. The van der Waals surface area contributed by atoms with Crippen molar-refractivity contribution < 1.29 is 9.53 Å². The lowest BCUT2D eigenvalue weighted by Crippen LogP contribution is -2.05. The van der Waals surface area contributed by atoms with E-state index in [2.05, 4.69) is 26.0 Å². The summed E-state index contributed by atoms with van der Waals surface area (Å²) in [5.41, 5.74) is 1.89. The van der Waals surface area contributed by atoms with Crippen LogP contribution in [0.4, 0.5) is 0 Å². The summed E-state index contributed by atoms with van der Waals surface area (Å²) in [5.74, 6) is -0.221. The van der Waals surface area contributed by atoms with Crippen LogP contribution in [0.3, 0.4) is 0 Å². The van der Waals surface area contributed by atoms with Gasteiger partial charge in [0.15, 0.2) is 0 Å². The number of unbranched alkanes of at least 4 members (excludes halogenated alkanes) is 7. The van der Waals surface area contributed by atoms with E-state index in [0.29, 0.717) is 12.2 Å². The summed E-state index contributed by atoms with van der Waals surface area (Å²) in [4.78, 5) is 12.1. The van der Waals surface area contributed by atoms with Gasteiger partial charge in [0.25, 0.3) is 0 Å². The molecule has 24 heavy (non-hydrogen) atoms. The summed E-state index contributed by atoms with van der Waals surface area (Å²) < 4.78 is 5.33. The second-order valence-corrected chi connectivity index (χ2v) is 6.43. The van der Waals surface area contributed by atoms with Crippen molar-refractivity contribution in [2.45, 2.75) is 78.1 Å². The average molecular weight is 331 g/mol. The molecule has 0 radical (unpaired) electrons. The van der Waals surface area contributed by atoms with E-state index < -0.39 is 0 Å². The number of allylic oxidation sites excluding steroid dienone is 1. The third-order valence-corrected chi connectivity index (χ3v) is 4.18. The molecule has 0 heterocycles. The zero-order valence-corrected chi connectivity index (χ0v) is 15.6. The smallest absolute Gasteiger partial charge is 0.338 e. The van der Waals surface area contributed by atoms with E-state index >= 15 is 0 Å². The topological polar surface area (TPSA) is 26.3 Å². The Morgan fingerprint density at radius 1 is 0.958 bits per heavy atom. The minimum absolute atomic E-state index is 0.221. The largest absolute Gasteiger partial charge is 0.458 e. The van der Waals surface area contributed by atoms with Crippen molar-refractivity contribution in [3.05, 3.63) is 47.5 Å². The quantitative estimate of drug-likeness (QED) is 0.235. The molecule has 0 N–H and O–H groups in total. The molecule has 0 aromatic heterocycles. The molecule has 1 aromatic rings. The van der Waals surface area contributed by atoms with Gasteiger partial charge in [-0.05, 0) is 43.4 Å². The number of hydrogen-bond donors (Lipinski definition) is 0. The first-order valence-corrected chi connectivity index (χ1v) is 9.69. The minimum Gasteiger partial charge on any atom is -0.458 e. The highest BCUT2D eigenvalue weighted by molar-refractivity contribution is 5.89. The molecule has 134 valence electrons. The molecule has 0 saturated heterocycles. The predicted molar refractivity (Wildman–Crippen MR) is 102 cm³/mol. The lowest BCUT2D eigenvalue weighted by atomic mass is 10.0. The Balaban J connectivity index is 2.27. The van der Waals surface area contributed by atoms with Crippen LogP contribution in [0.25, 0.3) is 0 Å². The summed E-state index contributed by atoms with van der Waals surface area (Å²) in [7, 11) is 0. The Hall–Kier alpha value is -1.57. The van der Waals surface area contributed by atoms with Gasteiger partial charge < -0.3 is 4.74 Å². The fourth-order valence-electron chi connectivity index (χ4n) is 2.69. The molecule has 0 bridgehead atoms. The van der Waals surface area contributed by atoms with Crippen molar-refractivity contribution >= 4 is 5.97 Å². The number of rotatable bonds is 13. The van der Waals surface area contributed by atoms with Crippen LogP contribution in [-0.2, 0) is 11.2 Å². The Labute approximate surface area is 148 Å². The van der Waals surface area contributed by atoms with Gasteiger partial charge in [-0.25, -0.2) is 4.79 Å². The molecule has 2 nitrogen and oxygen atoms in total. The Kier molecular flexibility index (Phi) is 11.8. The summed E-state index contributed by atoms with van der Waals surface area (Å²) in [6.45, 7) is 4.80. The summed E-state index contributed by atoms with van der Waals surface area (Å²) in [6.07, 6.45) is 16.2. The molecule has 1 rings (SSSR count). The SMILES string of the molecule is CCCCCC/C=C\COC(=O)c1cccc(CCCCCC)c1. The fourth-order valence-corrected chi connectivity index (χ4v) is 2.69. The maximum atomic E-state index is 12.1. The van der Waals surface area contributed by atoms with Crippen LogP contribution in [-0.4, -0.2) is 12.6 Å². The van der Waals surface area contributed by atoms with Gasteiger partial charge in [-0.15, -0.1) is 0 Å². The van der Waals surface area contributed by atoms with Gasteiger partial charge in [0, 0.05) is 0 Å². The molecular formula is C22H34O2. The zero-order valence-electron chi connectivity index (χ0n) is 15.6. The molecule has 0 spiro atoms. The number of benzene rings is 1. The lowest BCUT2D eigenvalue weighted by molar-refractivity contribution is 0.0549. The van der Waals surface area contributed by atoms with Crippen molar-refractivity contribution in [1.82, 2.24) is 0 Å². The van der Waals surface area contributed by atoms with E-state index in [4.69, 9.17) is 4.74 Å². The van der Waals surface area contributed by atoms with Crippen LogP contribution in [0, 0.1) is 0 Å². The molecule has 0 unspecified atom stereocenters. The second kappa shape index (κ2) is 13.8. The van der Waals surface area contributed by atoms with E-state index in [0.717, 1.165) is 12.8 Å². The fraction of sp³-hybridized carbons (Fsp3) is 0.591. The van der Waals surface area contributed by atoms with Crippen molar-refractivity contribution in [2.75, 3.05) is 6.61 Å². The highest BCUT2D eigenvalue weighted by atomic mass is 16.5. The number of carbonyl (C=O) groups excluding carboxylic acids is 1. The third-order valence-electron chi connectivity index (χ3n) is 4.18. The van der Waals surface area contributed by atoms with Crippen molar-refractivity contribution in [1.29, 1.82) is 0 Å². The first kappa shape index (κ1) is 20.5. The van der Waals surface area contributed by atoms with Crippen LogP contribution in [0.2, 0.25) is 0 Å². The number of hydrogen-bond acceptors (Lipinski definition) is 2. The van der Waals surface area contributed by atoms with E-state index in [1.54, 1.807) is 0 Å². The molecule has 0 atom stereocenters. The normalized spacial score (nSPS) is 11.1. The number of aryl methyl sites for hydroxylation is 1. The highest BCUT2D eigenvalue weighted by Crippen LogP contribution is 2.11. The average Bonchev–Trinajstić information content (AvgIpc) is 2.61. The van der Waals surface area contributed by atoms with Gasteiger partial charge in [-0.3, -0.25) is 0 Å². The molecule has 0 aliphatic carbocycles. The zero-order chi connectivity index (χ0) is 17.5. The van der Waals surface area contributed by atoms with Gasteiger partial charge in [-0.1, -0.05) is 76.7 Å². The molecule has 2 heteroatoms. The molecule has 0 saturated carbocycles. The van der Waals surface area contributed by atoms with Crippen molar-refractivity contribution in [3.63, 3.8) is 0 Å². The van der Waals surface area contributed by atoms with E-state index in [-0.39, 0.29) is 5.97 Å². The van der Waals surface area contributed by atoms with Crippen LogP contribution in [0.1, 0.15) is 87.6 Å². The van der Waals surface area contributed by atoms with Gasteiger partial charge in [0.05, 0.1) is 5.56 Å². The van der Waals surface area contributed by atoms with Crippen LogP contribution < -0.4 is 0 Å². The lowest BCUT2D eigenvalue weighted by Gasteiger charge is -2.05. The van der Waals surface area contributed by atoms with Gasteiger partial charge in [-0.2, -0.15) is 0 Å². The Bertz CT molecular complexity index is 477. The Morgan fingerprint density at radius 3 is 2.46 bits per heavy atom. The highest BCUT2D eigenvalue weighted by Gasteiger charge is 2.06. The second-order valence-electron chi connectivity index (χ2n) is 6.43. The monoisotopic (exact) mass is 330 g/mol. The number of ether oxygens (including phenoxy) is 1. The van der Waals surface area contributed by atoms with Crippen molar-refractivity contribution in [2.24, 2.45) is 0 Å². The first-order chi connectivity index (χ1) is 11.8. The van der Waals surface area contributed by atoms with Crippen LogP contribution in [0.5, 0.6) is 0 Å². The molecule has 0 fully saturated rings. The first-order valence-electron chi connectivity index (χ1n) is 9.69. The maximum absolute atomic E-state index is 12.1. The summed E-state index contributed by atoms with van der Waals surface area (Å²) in [5, 5.41) is 0. The van der Waals surface area contributed by atoms with Crippen LogP contribution >= 0.6 is 0 Å². The minimum atomic E-state index is -0.221. The number of esters is 1. The summed E-state index contributed by atoms with van der Waals surface area (Å²) in [6, 6.07) is 7.86. The molecular weight excluding hydrogens is 296 g/mol. The van der Waals surface area contributed by atoms with Gasteiger partial charge in [0.1, 0.15) is 6.61 Å². The van der Waals surface area contributed by atoms with E-state index in [1.807, 2.05) is 24.3 Å². The maximum Gasteiger partial charge on any atom is 0.338 e. The Morgan fingerprint density at radius 2 is 1.71 bits per heavy atom. The third kappa shape index (κ3) is 9.54. The number of carbonyl (C=O) groups is 1. The summed E-state index contributed by atoms with van der Waals surface area (Å²) >= 11 is 0. The van der Waals surface area contributed by atoms with Gasteiger partial charge in [0.2, 0.25) is 0 Å². The standard InChI is InChI=1S/C22H34O2/c1-3-5-7-9-10-11-13-18-24-22(23)21-17-14-16-20(19-21)15-12-8-6-4-2/h11,13-14,16-17,19H,3-10,12,15,18H2,1-2H3/b13-11-. The molecule has 0 aliphatic rings.